The Morgan fingerprint density at radius 1 is 1.11 bits per heavy atom. The standard InChI is InChI=1S/C16H14O3/c1-11-4-2-7-16-15(11)9-14(19-16)10-18-13-6-3-5-12(17)8-13/h2-9,17H,10H2,1H3. The Labute approximate surface area is 111 Å². The molecule has 3 rings (SSSR count). The third-order valence-corrected chi connectivity index (χ3v) is 3.03. The molecule has 0 saturated heterocycles. The first kappa shape index (κ1) is 11.7. The number of phenolic OH excluding ortho intramolecular Hbond substituents is 1. The van der Waals surface area contributed by atoms with Crippen LogP contribution in [0.15, 0.2) is 52.9 Å². The molecule has 2 aromatic carbocycles. The molecule has 0 aliphatic carbocycles. The van der Waals surface area contributed by atoms with Gasteiger partial charge < -0.3 is 14.3 Å². The highest BCUT2D eigenvalue weighted by Crippen LogP contribution is 2.24. The summed E-state index contributed by atoms with van der Waals surface area (Å²) >= 11 is 0. The lowest BCUT2D eigenvalue weighted by molar-refractivity contribution is 0.273. The predicted octanol–water partition coefficient (Wildman–Crippen LogP) is 4.03. The first-order valence-electron chi connectivity index (χ1n) is 6.12. The highest BCUT2D eigenvalue weighted by molar-refractivity contribution is 5.81. The number of aromatic hydroxyl groups is 1. The molecule has 1 heterocycles. The van der Waals surface area contributed by atoms with Crippen LogP contribution in [0.2, 0.25) is 0 Å². The maximum Gasteiger partial charge on any atom is 0.146 e. The molecule has 96 valence electrons. The van der Waals surface area contributed by atoms with Crippen molar-refractivity contribution >= 4 is 11.0 Å². The fourth-order valence-corrected chi connectivity index (χ4v) is 2.06. The summed E-state index contributed by atoms with van der Waals surface area (Å²) in [7, 11) is 0. The normalized spacial score (nSPS) is 10.8. The maximum atomic E-state index is 9.36. The Morgan fingerprint density at radius 2 is 1.95 bits per heavy atom. The van der Waals surface area contributed by atoms with Gasteiger partial charge in [0, 0.05) is 11.5 Å². The predicted molar refractivity (Wildman–Crippen MR) is 73.4 cm³/mol. The summed E-state index contributed by atoms with van der Waals surface area (Å²) in [6, 6.07) is 14.7. The molecule has 1 aromatic heterocycles. The average molecular weight is 254 g/mol. The lowest BCUT2D eigenvalue weighted by atomic mass is 10.1. The van der Waals surface area contributed by atoms with E-state index in [9.17, 15) is 5.11 Å². The fraction of sp³-hybridized carbons (Fsp3) is 0.125. The SMILES string of the molecule is Cc1cccc2oc(COc3cccc(O)c3)cc12. The van der Waals surface area contributed by atoms with Crippen molar-refractivity contribution in [2.75, 3.05) is 0 Å². The summed E-state index contributed by atoms with van der Waals surface area (Å²) in [6.45, 7) is 2.40. The van der Waals surface area contributed by atoms with Gasteiger partial charge in [0.25, 0.3) is 0 Å². The minimum atomic E-state index is 0.193. The number of hydrogen-bond acceptors (Lipinski definition) is 3. The molecule has 3 heteroatoms. The molecular formula is C16H14O3. The van der Waals surface area contributed by atoms with Gasteiger partial charge in [-0.25, -0.2) is 0 Å². The molecule has 19 heavy (non-hydrogen) atoms. The lowest BCUT2D eigenvalue weighted by Crippen LogP contribution is -1.92. The molecule has 0 aliphatic heterocycles. The van der Waals surface area contributed by atoms with Crippen LogP contribution in [0.1, 0.15) is 11.3 Å². The zero-order valence-electron chi connectivity index (χ0n) is 10.6. The number of phenols is 1. The van der Waals surface area contributed by atoms with Gasteiger partial charge in [-0.3, -0.25) is 0 Å². The van der Waals surface area contributed by atoms with E-state index in [1.165, 1.54) is 5.56 Å². The van der Waals surface area contributed by atoms with E-state index in [0.717, 1.165) is 16.7 Å². The van der Waals surface area contributed by atoms with Gasteiger partial charge in [-0.2, -0.15) is 0 Å². The summed E-state index contributed by atoms with van der Waals surface area (Å²) in [5, 5.41) is 10.5. The summed E-state index contributed by atoms with van der Waals surface area (Å²) in [4.78, 5) is 0. The first-order valence-corrected chi connectivity index (χ1v) is 6.12. The summed E-state index contributed by atoms with van der Waals surface area (Å²) in [5.74, 6) is 1.59. The van der Waals surface area contributed by atoms with Gasteiger partial charge in [0.15, 0.2) is 0 Å². The van der Waals surface area contributed by atoms with Gasteiger partial charge in [0.05, 0.1) is 0 Å². The van der Waals surface area contributed by atoms with Gasteiger partial charge >= 0.3 is 0 Å². The van der Waals surface area contributed by atoms with E-state index in [1.54, 1.807) is 24.3 Å². The van der Waals surface area contributed by atoms with E-state index in [-0.39, 0.29) is 5.75 Å². The smallest absolute Gasteiger partial charge is 0.146 e. The maximum absolute atomic E-state index is 9.36. The third-order valence-electron chi connectivity index (χ3n) is 3.03. The van der Waals surface area contributed by atoms with E-state index in [0.29, 0.717) is 12.4 Å². The van der Waals surface area contributed by atoms with E-state index in [4.69, 9.17) is 9.15 Å². The molecule has 0 spiro atoms. The Kier molecular flexibility index (Phi) is 2.88. The fourth-order valence-electron chi connectivity index (χ4n) is 2.06. The second-order valence-corrected chi connectivity index (χ2v) is 4.49. The van der Waals surface area contributed by atoms with Crippen LogP contribution in [-0.4, -0.2) is 5.11 Å². The van der Waals surface area contributed by atoms with Gasteiger partial charge in [0.1, 0.15) is 29.4 Å². The highest BCUT2D eigenvalue weighted by atomic mass is 16.5. The molecule has 0 radical (unpaired) electrons. The van der Waals surface area contributed by atoms with Crippen molar-refractivity contribution in [2.45, 2.75) is 13.5 Å². The minimum Gasteiger partial charge on any atom is -0.508 e. The Bertz CT molecular complexity index is 713. The Morgan fingerprint density at radius 3 is 2.74 bits per heavy atom. The van der Waals surface area contributed by atoms with E-state index in [1.807, 2.05) is 18.2 Å². The zero-order chi connectivity index (χ0) is 13.2. The molecule has 0 saturated carbocycles. The summed E-state index contributed by atoms with van der Waals surface area (Å²) in [6.07, 6.45) is 0. The molecule has 0 aliphatic rings. The molecule has 0 bridgehead atoms. The number of aryl methyl sites for hydroxylation is 1. The van der Waals surface area contributed by atoms with Crippen LogP contribution in [0.25, 0.3) is 11.0 Å². The van der Waals surface area contributed by atoms with Gasteiger partial charge in [0.2, 0.25) is 0 Å². The van der Waals surface area contributed by atoms with Crippen LogP contribution in [-0.2, 0) is 6.61 Å². The molecule has 3 nitrogen and oxygen atoms in total. The van der Waals surface area contributed by atoms with Crippen molar-refractivity contribution in [3.8, 4) is 11.5 Å². The number of benzene rings is 2. The molecule has 0 unspecified atom stereocenters. The zero-order valence-corrected chi connectivity index (χ0v) is 10.6. The Balaban J connectivity index is 1.80. The van der Waals surface area contributed by atoms with Crippen LogP contribution in [0.4, 0.5) is 0 Å². The number of hydrogen-bond donors (Lipinski definition) is 1. The quantitative estimate of drug-likeness (QED) is 0.767. The summed E-state index contributed by atoms with van der Waals surface area (Å²) in [5.41, 5.74) is 2.05. The first-order chi connectivity index (χ1) is 9.22. The molecule has 0 amide bonds. The molecule has 3 aromatic rings. The van der Waals surface area contributed by atoms with Crippen molar-refractivity contribution < 1.29 is 14.3 Å². The number of rotatable bonds is 3. The van der Waals surface area contributed by atoms with Gasteiger partial charge in [-0.05, 0) is 36.8 Å². The second kappa shape index (κ2) is 4.69. The lowest BCUT2D eigenvalue weighted by Gasteiger charge is -2.03. The van der Waals surface area contributed by atoms with Crippen molar-refractivity contribution in [2.24, 2.45) is 0 Å². The highest BCUT2D eigenvalue weighted by Gasteiger charge is 2.06. The Hall–Kier alpha value is -2.42. The number of ether oxygens (including phenoxy) is 1. The average Bonchev–Trinajstić information content (AvgIpc) is 2.81. The molecular weight excluding hydrogens is 240 g/mol. The van der Waals surface area contributed by atoms with E-state index in [2.05, 4.69) is 13.0 Å². The van der Waals surface area contributed by atoms with E-state index < -0.39 is 0 Å². The molecule has 1 N–H and O–H groups in total. The van der Waals surface area contributed by atoms with Crippen molar-refractivity contribution in [1.82, 2.24) is 0 Å². The molecule has 0 fully saturated rings. The van der Waals surface area contributed by atoms with Crippen LogP contribution in [0, 0.1) is 6.92 Å². The minimum absolute atomic E-state index is 0.193. The van der Waals surface area contributed by atoms with Crippen LogP contribution >= 0.6 is 0 Å². The van der Waals surface area contributed by atoms with Crippen molar-refractivity contribution in [3.05, 3.63) is 59.9 Å². The van der Waals surface area contributed by atoms with Crippen molar-refractivity contribution in [1.29, 1.82) is 0 Å². The second-order valence-electron chi connectivity index (χ2n) is 4.49. The monoisotopic (exact) mass is 254 g/mol. The molecule has 0 atom stereocenters. The van der Waals surface area contributed by atoms with Gasteiger partial charge in [-0.1, -0.05) is 18.2 Å². The summed E-state index contributed by atoms with van der Waals surface area (Å²) < 4.78 is 11.3. The number of furan rings is 1. The third kappa shape index (κ3) is 2.40. The number of fused-ring (bicyclic) bond motifs is 1. The van der Waals surface area contributed by atoms with Crippen molar-refractivity contribution in [3.63, 3.8) is 0 Å². The van der Waals surface area contributed by atoms with Crippen LogP contribution < -0.4 is 4.74 Å². The topological polar surface area (TPSA) is 42.6 Å². The van der Waals surface area contributed by atoms with E-state index >= 15 is 0 Å². The van der Waals surface area contributed by atoms with Crippen LogP contribution in [0.3, 0.4) is 0 Å². The largest absolute Gasteiger partial charge is 0.508 e. The van der Waals surface area contributed by atoms with Gasteiger partial charge in [-0.15, -0.1) is 0 Å². The van der Waals surface area contributed by atoms with Crippen LogP contribution in [0.5, 0.6) is 11.5 Å².